The molecule has 2 aromatic rings. The lowest BCUT2D eigenvalue weighted by Gasteiger charge is -2.26. The SMILES string of the molecule is C=CC[C@H]1CN(S(=O)(=O)NCCOCc2ccccc2)CC1(N=[N+]=[N-])C(=O)OCc1ccccc1. The number of rotatable bonds is 13. The van der Waals surface area contributed by atoms with Crippen LogP contribution in [0.1, 0.15) is 17.5 Å². The molecule has 2 aromatic carbocycles. The van der Waals surface area contributed by atoms with Gasteiger partial charge in [-0.2, -0.15) is 17.4 Å². The highest BCUT2D eigenvalue weighted by Gasteiger charge is 2.55. The number of carbonyl (C=O) groups excluding carboxylic acids is 1. The van der Waals surface area contributed by atoms with Crippen LogP contribution in [0.2, 0.25) is 0 Å². The molecule has 186 valence electrons. The quantitative estimate of drug-likeness (QED) is 0.113. The first kappa shape index (κ1) is 26.4. The molecule has 1 N–H and O–H groups in total. The lowest BCUT2D eigenvalue weighted by molar-refractivity contribution is -0.152. The van der Waals surface area contributed by atoms with E-state index >= 15 is 0 Å². The van der Waals surface area contributed by atoms with E-state index in [2.05, 4.69) is 21.3 Å². The Hall–Kier alpha value is -3.21. The average molecular weight is 500 g/mol. The fraction of sp³-hybridized carbons (Fsp3) is 0.375. The van der Waals surface area contributed by atoms with Crippen LogP contribution in [0.5, 0.6) is 0 Å². The zero-order valence-corrected chi connectivity index (χ0v) is 20.1. The normalized spacial score (nSPS) is 20.2. The molecule has 0 radical (unpaired) electrons. The largest absolute Gasteiger partial charge is 0.460 e. The van der Waals surface area contributed by atoms with Crippen molar-refractivity contribution >= 4 is 16.2 Å². The van der Waals surface area contributed by atoms with Crippen molar-refractivity contribution in [1.29, 1.82) is 0 Å². The molecule has 35 heavy (non-hydrogen) atoms. The van der Waals surface area contributed by atoms with Crippen LogP contribution in [0, 0.1) is 5.92 Å². The summed E-state index contributed by atoms with van der Waals surface area (Å²) >= 11 is 0. The fourth-order valence-electron chi connectivity index (χ4n) is 3.92. The van der Waals surface area contributed by atoms with Gasteiger partial charge in [0.25, 0.3) is 10.2 Å². The number of azide groups is 1. The van der Waals surface area contributed by atoms with E-state index in [1.807, 2.05) is 48.5 Å². The topological polar surface area (TPSA) is 134 Å². The molecule has 10 nitrogen and oxygen atoms in total. The molecule has 1 aliphatic heterocycles. The number of carbonyl (C=O) groups is 1. The molecule has 0 spiro atoms. The second-order valence-electron chi connectivity index (χ2n) is 8.13. The van der Waals surface area contributed by atoms with E-state index in [0.717, 1.165) is 15.4 Å². The molecule has 0 amide bonds. The Morgan fingerprint density at radius 2 is 1.80 bits per heavy atom. The molecule has 0 aliphatic carbocycles. The predicted octanol–water partition coefficient (Wildman–Crippen LogP) is 3.34. The Labute approximate surface area is 205 Å². The van der Waals surface area contributed by atoms with Crippen molar-refractivity contribution < 1.29 is 22.7 Å². The van der Waals surface area contributed by atoms with E-state index in [1.54, 1.807) is 18.2 Å². The number of hydrogen-bond donors (Lipinski definition) is 1. The minimum Gasteiger partial charge on any atom is -0.460 e. The van der Waals surface area contributed by atoms with Crippen LogP contribution in [-0.4, -0.2) is 50.5 Å². The summed E-state index contributed by atoms with van der Waals surface area (Å²) in [5.41, 5.74) is 9.26. The van der Waals surface area contributed by atoms with Gasteiger partial charge in [0.05, 0.1) is 13.2 Å². The monoisotopic (exact) mass is 499 g/mol. The summed E-state index contributed by atoms with van der Waals surface area (Å²) in [6.45, 7) is 3.90. The van der Waals surface area contributed by atoms with E-state index in [-0.39, 0.29) is 39.3 Å². The molecule has 2 atom stereocenters. The van der Waals surface area contributed by atoms with Gasteiger partial charge in [-0.3, -0.25) is 4.79 Å². The Kier molecular flexibility index (Phi) is 9.41. The first-order valence-electron chi connectivity index (χ1n) is 11.2. The van der Waals surface area contributed by atoms with Crippen LogP contribution in [0.25, 0.3) is 10.4 Å². The highest BCUT2D eigenvalue weighted by molar-refractivity contribution is 7.87. The number of hydrogen-bond acceptors (Lipinski definition) is 6. The summed E-state index contributed by atoms with van der Waals surface area (Å²) < 4.78 is 40.5. The van der Waals surface area contributed by atoms with E-state index < -0.39 is 27.6 Å². The minimum atomic E-state index is -3.97. The van der Waals surface area contributed by atoms with Crippen LogP contribution in [0.3, 0.4) is 0 Å². The van der Waals surface area contributed by atoms with Crippen LogP contribution in [-0.2, 0) is 37.7 Å². The maximum absolute atomic E-state index is 13.1. The summed E-state index contributed by atoms with van der Waals surface area (Å²) in [7, 11) is -3.97. The Balaban J connectivity index is 1.64. The summed E-state index contributed by atoms with van der Waals surface area (Å²) in [6, 6.07) is 18.6. The molecular weight excluding hydrogens is 470 g/mol. The van der Waals surface area contributed by atoms with Gasteiger partial charge in [-0.05, 0) is 29.0 Å². The Bertz CT molecular complexity index is 1140. The van der Waals surface area contributed by atoms with E-state index in [9.17, 15) is 18.7 Å². The smallest absolute Gasteiger partial charge is 0.320 e. The fourth-order valence-corrected chi connectivity index (χ4v) is 5.19. The van der Waals surface area contributed by atoms with E-state index in [1.165, 1.54) is 0 Å². The molecule has 1 unspecified atom stereocenters. The van der Waals surface area contributed by atoms with Crippen molar-refractivity contribution in [2.45, 2.75) is 25.2 Å². The van der Waals surface area contributed by atoms with Crippen LogP contribution < -0.4 is 4.72 Å². The minimum absolute atomic E-state index is 0.0209. The molecule has 0 aromatic heterocycles. The number of benzene rings is 2. The Morgan fingerprint density at radius 3 is 2.40 bits per heavy atom. The van der Waals surface area contributed by atoms with Crippen molar-refractivity contribution in [2.24, 2.45) is 11.0 Å². The van der Waals surface area contributed by atoms with Gasteiger partial charge in [0.2, 0.25) is 0 Å². The van der Waals surface area contributed by atoms with Crippen molar-refractivity contribution in [3.05, 3.63) is 94.9 Å². The molecule has 0 bridgehead atoms. The van der Waals surface area contributed by atoms with Gasteiger partial charge >= 0.3 is 5.97 Å². The van der Waals surface area contributed by atoms with E-state index in [4.69, 9.17) is 9.47 Å². The molecule has 1 fully saturated rings. The maximum atomic E-state index is 13.1. The molecular formula is C24H29N5O5S. The molecule has 1 heterocycles. The van der Waals surface area contributed by atoms with Crippen molar-refractivity contribution in [2.75, 3.05) is 26.2 Å². The van der Waals surface area contributed by atoms with Crippen LogP contribution in [0.15, 0.2) is 78.4 Å². The Morgan fingerprint density at radius 1 is 1.17 bits per heavy atom. The summed E-state index contributed by atoms with van der Waals surface area (Å²) in [5, 5.41) is 3.77. The standard InChI is InChI=1S/C24H29N5O5S/c1-2-9-22-16-29(35(31,32)26-14-15-33-17-20-10-5-3-6-11-20)19-24(22,27-28-25)23(30)34-18-21-12-7-4-8-13-21/h2-8,10-13,22,26H,1,9,14-19H2/t22-,24?/m0/s1. The second-order valence-corrected chi connectivity index (χ2v) is 9.88. The highest BCUT2D eigenvalue weighted by atomic mass is 32.2. The van der Waals surface area contributed by atoms with Gasteiger partial charge < -0.3 is 9.47 Å². The first-order chi connectivity index (χ1) is 16.9. The number of esters is 1. The zero-order chi connectivity index (χ0) is 25.2. The summed E-state index contributed by atoms with van der Waals surface area (Å²) in [6.07, 6.45) is 1.84. The average Bonchev–Trinajstić information content (AvgIpc) is 3.24. The van der Waals surface area contributed by atoms with Crippen LogP contribution in [0.4, 0.5) is 0 Å². The molecule has 1 aliphatic rings. The van der Waals surface area contributed by atoms with Crippen molar-refractivity contribution in [3.63, 3.8) is 0 Å². The number of nitrogens with one attached hydrogen (secondary N) is 1. The van der Waals surface area contributed by atoms with Gasteiger partial charge in [0.1, 0.15) is 6.61 Å². The number of nitrogens with zero attached hydrogens (tertiary/aromatic N) is 4. The highest BCUT2D eigenvalue weighted by Crippen LogP contribution is 2.37. The lowest BCUT2D eigenvalue weighted by atomic mass is 9.85. The molecule has 11 heteroatoms. The maximum Gasteiger partial charge on any atom is 0.320 e. The third-order valence-electron chi connectivity index (χ3n) is 5.74. The van der Waals surface area contributed by atoms with Crippen LogP contribution >= 0.6 is 0 Å². The van der Waals surface area contributed by atoms with Gasteiger partial charge in [0, 0.05) is 24.5 Å². The first-order valence-corrected chi connectivity index (χ1v) is 12.6. The number of allylic oxidation sites excluding steroid dienone is 1. The van der Waals surface area contributed by atoms with Gasteiger partial charge in [-0.25, -0.2) is 0 Å². The number of ether oxygens (including phenoxy) is 2. The van der Waals surface area contributed by atoms with Crippen molar-refractivity contribution in [1.82, 2.24) is 9.03 Å². The third-order valence-corrected chi connectivity index (χ3v) is 7.27. The second kappa shape index (κ2) is 12.5. The third kappa shape index (κ3) is 6.91. The van der Waals surface area contributed by atoms with Gasteiger partial charge in [-0.1, -0.05) is 71.9 Å². The predicted molar refractivity (Wildman–Crippen MR) is 131 cm³/mol. The summed E-state index contributed by atoms with van der Waals surface area (Å²) in [4.78, 5) is 16.0. The van der Waals surface area contributed by atoms with Crippen molar-refractivity contribution in [3.8, 4) is 0 Å². The summed E-state index contributed by atoms with van der Waals surface area (Å²) in [5.74, 6) is -1.39. The lowest BCUT2D eigenvalue weighted by Crippen LogP contribution is -2.47. The zero-order valence-electron chi connectivity index (χ0n) is 19.3. The molecule has 0 saturated carbocycles. The van der Waals surface area contributed by atoms with Gasteiger partial charge in [0.15, 0.2) is 5.54 Å². The van der Waals surface area contributed by atoms with E-state index in [0.29, 0.717) is 6.61 Å². The molecule has 1 saturated heterocycles. The van der Waals surface area contributed by atoms with Gasteiger partial charge in [-0.15, -0.1) is 6.58 Å². The molecule has 3 rings (SSSR count).